The summed E-state index contributed by atoms with van der Waals surface area (Å²) in [6.07, 6.45) is 0. The highest BCUT2D eigenvalue weighted by atomic mass is 32.2. The number of thiocyanates is 1. The van der Waals surface area contributed by atoms with Gasteiger partial charge >= 0.3 is 0 Å². The van der Waals surface area contributed by atoms with Crippen molar-refractivity contribution in [3.05, 3.63) is 29.6 Å². The fourth-order valence-corrected chi connectivity index (χ4v) is 1.28. The van der Waals surface area contributed by atoms with E-state index in [4.69, 9.17) is 5.26 Å². The molecule has 1 nitrogen and oxygen atoms in total. The maximum Gasteiger partial charge on any atom is 0.138 e. The molecule has 0 aliphatic rings. The Hall–Kier alpha value is -1.01. The van der Waals surface area contributed by atoms with Crippen molar-refractivity contribution < 1.29 is 4.39 Å². The van der Waals surface area contributed by atoms with Gasteiger partial charge in [0.1, 0.15) is 11.2 Å². The van der Waals surface area contributed by atoms with Crippen LogP contribution in [0.5, 0.6) is 0 Å². The lowest BCUT2D eigenvalue weighted by molar-refractivity contribution is 0.600. The van der Waals surface area contributed by atoms with Crippen molar-refractivity contribution >= 4 is 11.8 Å². The first-order valence-corrected chi connectivity index (χ1v) is 3.88. The van der Waals surface area contributed by atoms with Gasteiger partial charge in [-0.25, -0.2) is 4.39 Å². The molecule has 0 heterocycles. The molecule has 0 bridgehead atoms. The van der Waals surface area contributed by atoms with E-state index in [1.807, 2.05) is 5.40 Å². The number of nitriles is 1. The second-order valence-corrected chi connectivity index (χ2v) is 2.87. The highest BCUT2D eigenvalue weighted by Gasteiger charge is 2.03. The Labute approximate surface area is 68.8 Å². The summed E-state index contributed by atoms with van der Waals surface area (Å²) >= 11 is 0.859. The molecule has 56 valence electrons. The summed E-state index contributed by atoms with van der Waals surface area (Å²) in [5.41, 5.74) is 0.802. The number of aryl methyl sites for hydroxylation is 1. The molecule has 3 heteroatoms. The van der Waals surface area contributed by atoms with Crippen LogP contribution in [-0.2, 0) is 0 Å². The molecular weight excluding hydrogens is 161 g/mol. The van der Waals surface area contributed by atoms with E-state index in [0.717, 1.165) is 17.3 Å². The van der Waals surface area contributed by atoms with Gasteiger partial charge in [-0.05, 0) is 30.3 Å². The molecule has 0 radical (unpaired) electrons. The Kier molecular flexibility index (Phi) is 2.50. The van der Waals surface area contributed by atoms with Gasteiger partial charge in [0.15, 0.2) is 0 Å². The van der Waals surface area contributed by atoms with Gasteiger partial charge in [0.25, 0.3) is 0 Å². The van der Waals surface area contributed by atoms with E-state index in [-0.39, 0.29) is 5.82 Å². The number of hydrogen-bond acceptors (Lipinski definition) is 2. The molecule has 0 N–H and O–H groups in total. The molecule has 0 aromatic heterocycles. The molecule has 0 unspecified atom stereocenters. The topological polar surface area (TPSA) is 23.8 Å². The molecule has 11 heavy (non-hydrogen) atoms. The highest BCUT2D eigenvalue weighted by Crippen LogP contribution is 2.23. The fraction of sp³-hybridized carbons (Fsp3) is 0.125. The van der Waals surface area contributed by atoms with Gasteiger partial charge in [0.2, 0.25) is 0 Å². The van der Waals surface area contributed by atoms with Crippen LogP contribution in [-0.4, -0.2) is 0 Å². The molecule has 0 atom stereocenters. The Morgan fingerprint density at radius 1 is 1.55 bits per heavy atom. The van der Waals surface area contributed by atoms with Gasteiger partial charge in [-0.3, -0.25) is 0 Å². The lowest BCUT2D eigenvalue weighted by atomic mass is 10.2. The van der Waals surface area contributed by atoms with Crippen LogP contribution in [0.1, 0.15) is 5.56 Å². The predicted molar refractivity (Wildman–Crippen MR) is 42.6 cm³/mol. The molecule has 1 rings (SSSR count). The lowest BCUT2D eigenvalue weighted by Crippen LogP contribution is -1.82. The molecule has 0 amide bonds. The SMILES string of the molecule is Cc1cccc(F)c1SC#N. The van der Waals surface area contributed by atoms with Crippen LogP contribution >= 0.6 is 11.8 Å². The van der Waals surface area contributed by atoms with Crippen molar-refractivity contribution in [1.29, 1.82) is 5.26 Å². The van der Waals surface area contributed by atoms with Crippen molar-refractivity contribution in [3.63, 3.8) is 0 Å². The van der Waals surface area contributed by atoms with Gasteiger partial charge in [-0.1, -0.05) is 12.1 Å². The number of halogens is 1. The summed E-state index contributed by atoms with van der Waals surface area (Å²) in [4.78, 5) is 0.426. The van der Waals surface area contributed by atoms with Crippen LogP contribution in [0.4, 0.5) is 4.39 Å². The summed E-state index contributed by atoms with van der Waals surface area (Å²) in [5.74, 6) is -0.323. The Bertz CT molecular complexity index is 283. The molecule has 0 spiro atoms. The van der Waals surface area contributed by atoms with E-state index in [1.165, 1.54) is 6.07 Å². The molecule has 1 aromatic rings. The standard InChI is InChI=1S/C8H6FNS/c1-6-3-2-4-7(9)8(6)11-5-10/h2-4H,1H3. The summed E-state index contributed by atoms with van der Waals surface area (Å²) < 4.78 is 12.9. The maximum atomic E-state index is 12.9. The number of benzene rings is 1. The minimum absolute atomic E-state index is 0.323. The minimum Gasteiger partial charge on any atom is -0.206 e. The van der Waals surface area contributed by atoms with E-state index in [2.05, 4.69) is 0 Å². The normalized spacial score (nSPS) is 9.18. The Morgan fingerprint density at radius 3 is 2.82 bits per heavy atom. The van der Waals surface area contributed by atoms with Crippen molar-refractivity contribution in [2.24, 2.45) is 0 Å². The van der Waals surface area contributed by atoms with Crippen LogP contribution in [0.3, 0.4) is 0 Å². The molecule has 0 fully saturated rings. The molecule has 0 aliphatic heterocycles. The van der Waals surface area contributed by atoms with Crippen LogP contribution in [0, 0.1) is 23.4 Å². The molecular formula is C8H6FNS. The summed E-state index contributed by atoms with van der Waals surface area (Å²) in [6, 6.07) is 4.77. The van der Waals surface area contributed by atoms with E-state index in [9.17, 15) is 4.39 Å². The largest absolute Gasteiger partial charge is 0.206 e. The van der Waals surface area contributed by atoms with Gasteiger partial charge < -0.3 is 0 Å². The summed E-state index contributed by atoms with van der Waals surface area (Å²) in [7, 11) is 0. The second kappa shape index (κ2) is 3.40. The van der Waals surface area contributed by atoms with E-state index >= 15 is 0 Å². The average molecular weight is 167 g/mol. The first kappa shape index (κ1) is 8.09. The van der Waals surface area contributed by atoms with Crippen molar-refractivity contribution in [2.75, 3.05) is 0 Å². The molecule has 0 aliphatic carbocycles. The zero-order chi connectivity index (χ0) is 8.27. The van der Waals surface area contributed by atoms with Crippen LogP contribution in [0.25, 0.3) is 0 Å². The van der Waals surface area contributed by atoms with E-state index < -0.39 is 0 Å². The van der Waals surface area contributed by atoms with Gasteiger partial charge in [0.05, 0.1) is 4.90 Å². The first-order valence-electron chi connectivity index (χ1n) is 3.06. The second-order valence-electron chi connectivity index (χ2n) is 2.08. The summed E-state index contributed by atoms with van der Waals surface area (Å²) in [5, 5.41) is 10.2. The Morgan fingerprint density at radius 2 is 2.27 bits per heavy atom. The quantitative estimate of drug-likeness (QED) is 0.474. The van der Waals surface area contributed by atoms with Crippen LogP contribution in [0.15, 0.2) is 23.1 Å². The van der Waals surface area contributed by atoms with E-state index in [0.29, 0.717) is 4.90 Å². The number of nitrogens with zero attached hydrogens (tertiary/aromatic N) is 1. The molecule has 0 saturated carbocycles. The summed E-state index contributed by atoms with van der Waals surface area (Å²) in [6.45, 7) is 1.78. The van der Waals surface area contributed by atoms with Crippen molar-refractivity contribution in [3.8, 4) is 5.40 Å². The zero-order valence-electron chi connectivity index (χ0n) is 5.97. The zero-order valence-corrected chi connectivity index (χ0v) is 6.78. The van der Waals surface area contributed by atoms with Gasteiger partial charge in [-0.2, -0.15) is 5.26 Å². The van der Waals surface area contributed by atoms with Crippen molar-refractivity contribution in [2.45, 2.75) is 11.8 Å². The predicted octanol–water partition coefficient (Wildman–Crippen LogP) is 2.71. The van der Waals surface area contributed by atoms with Crippen LogP contribution < -0.4 is 0 Å². The monoisotopic (exact) mass is 167 g/mol. The number of hydrogen-bond donors (Lipinski definition) is 0. The van der Waals surface area contributed by atoms with Crippen molar-refractivity contribution in [1.82, 2.24) is 0 Å². The third kappa shape index (κ3) is 1.72. The lowest BCUT2D eigenvalue weighted by Gasteiger charge is -1.99. The van der Waals surface area contributed by atoms with Gasteiger partial charge in [0, 0.05) is 0 Å². The smallest absolute Gasteiger partial charge is 0.138 e. The van der Waals surface area contributed by atoms with Crippen LogP contribution in [0.2, 0.25) is 0 Å². The van der Waals surface area contributed by atoms with Gasteiger partial charge in [-0.15, -0.1) is 0 Å². The van der Waals surface area contributed by atoms with E-state index in [1.54, 1.807) is 19.1 Å². The highest BCUT2D eigenvalue weighted by molar-refractivity contribution is 8.03. The number of thioether (sulfide) groups is 1. The fourth-order valence-electron chi connectivity index (χ4n) is 0.792. The third-order valence-electron chi connectivity index (χ3n) is 1.31. The average Bonchev–Trinajstić information content (AvgIpc) is 1.97. The molecule has 0 saturated heterocycles. The molecule has 1 aromatic carbocycles. The third-order valence-corrected chi connectivity index (χ3v) is 2.12. The minimum atomic E-state index is -0.323. The maximum absolute atomic E-state index is 12.9. The Balaban J connectivity index is 3.12. The first-order chi connectivity index (χ1) is 5.25. The number of rotatable bonds is 1.